The first-order valence-electron chi connectivity index (χ1n) is 10.1. The van der Waals surface area contributed by atoms with Gasteiger partial charge in [-0.25, -0.2) is 0 Å². The number of hydrogen-bond acceptors (Lipinski definition) is 1. The van der Waals surface area contributed by atoms with E-state index in [1.807, 2.05) is 24.3 Å². The zero-order chi connectivity index (χ0) is 20.7. The average Bonchev–Trinajstić information content (AvgIpc) is 2.74. The summed E-state index contributed by atoms with van der Waals surface area (Å²) < 4.78 is 5.21. The van der Waals surface area contributed by atoms with E-state index in [0.717, 1.165) is 22.8 Å². The van der Waals surface area contributed by atoms with Gasteiger partial charge in [-0.15, -0.1) is 0 Å². The molecule has 154 valence electrons. The summed E-state index contributed by atoms with van der Waals surface area (Å²) in [5.41, 5.74) is 4.18. The van der Waals surface area contributed by atoms with Crippen LogP contribution in [0.1, 0.15) is 42.4 Å². The molecule has 2 aromatic carbocycles. The molecule has 0 aliphatic rings. The molecule has 29 heavy (non-hydrogen) atoms. The fraction of sp³-hybridized carbons (Fsp3) is 0.308. The molecular formula is C26H31ClOSe. The molecule has 2 aromatic rings. The van der Waals surface area contributed by atoms with Gasteiger partial charge in [0, 0.05) is 0 Å². The summed E-state index contributed by atoms with van der Waals surface area (Å²) in [6, 6.07) is 15.3. The molecule has 0 aliphatic carbocycles. The van der Waals surface area contributed by atoms with E-state index in [1.165, 1.54) is 42.4 Å². The van der Waals surface area contributed by atoms with Crippen LogP contribution in [-0.2, 0) is 17.1 Å². The van der Waals surface area contributed by atoms with Crippen molar-refractivity contribution < 1.29 is 4.74 Å². The molecule has 0 saturated carbocycles. The van der Waals surface area contributed by atoms with Gasteiger partial charge in [-0.05, 0) is 0 Å². The van der Waals surface area contributed by atoms with Gasteiger partial charge in [0.1, 0.15) is 0 Å². The molecule has 0 saturated heterocycles. The second-order valence-electron chi connectivity index (χ2n) is 6.93. The van der Waals surface area contributed by atoms with E-state index >= 15 is 0 Å². The summed E-state index contributed by atoms with van der Waals surface area (Å²) in [7, 11) is 1.65. The number of rotatable bonds is 13. The third-order valence-corrected chi connectivity index (χ3v) is 7.16. The molecular weight excluding hydrogens is 443 g/mol. The number of allylic oxidation sites excluding steroid dienone is 5. The van der Waals surface area contributed by atoms with Gasteiger partial charge in [-0.2, -0.15) is 0 Å². The molecule has 0 radical (unpaired) electrons. The van der Waals surface area contributed by atoms with Crippen molar-refractivity contribution >= 4 is 26.6 Å². The molecule has 0 bridgehead atoms. The predicted molar refractivity (Wildman–Crippen MR) is 128 cm³/mol. The molecule has 0 N–H and O–H groups in total. The van der Waals surface area contributed by atoms with E-state index < -0.39 is 0 Å². The molecule has 3 heteroatoms. The van der Waals surface area contributed by atoms with Crippen LogP contribution >= 0.6 is 11.6 Å². The number of methoxy groups -OCH3 is 1. The zero-order valence-corrected chi connectivity index (χ0v) is 19.7. The van der Waals surface area contributed by atoms with E-state index in [9.17, 15) is 0 Å². The van der Waals surface area contributed by atoms with Gasteiger partial charge in [0.15, 0.2) is 0 Å². The first-order valence-corrected chi connectivity index (χ1v) is 12.9. The van der Waals surface area contributed by atoms with Crippen LogP contribution < -0.4 is 4.74 Å². The zero-order valence-electron chi connectivity index (χ0n) is 17.3. The summed E-state index contributed by atoms with van der Waals surface area (Å²) in [5, 5.41) is 2.95. The van der Waals surface area contributed by atoms with Crippen molar-refractivity contribution in [3.8, 4) is 5.75 Å². The third-order valence-electron chi connectivity index (χ3n) is 4.61. The van der Waals surface area contributed by atoms with Gasteiger partial charge in [-0.1, -0.05) is 24.8 Å². The minimum atomic E-state index is 0.536. The van der Waals surface area contributed by atoms with Crippen molar-refractivity contribution in [2.45, 2.75) is 42.7 Å². The van der Waals surface area contributed by atoms with Gasteiger partial charge in [-0.3, -0.25) is 0 Å². The Bertz CT molecular complexity index is 793. The second kappa shape index (κ2) is 14.3. The molecule has 0 amide bonds. The Balaban J connectivity index is 1.63. The summed E-state index contributed by atoms with van der Waals surface area (Å²) in [5.74, 6) is 0.746. The van der Waals surface area contributed by atoms with Crippen molar-refractivity contribution in [3.05, 3.63) is 101 Å². The van der Waals surface area contributed by atoms with Crippen LogP contribution in [0.15, 0.2) is 79.4 Å². The summed E-state index contributed by atoms with van der Waals surface area (Å²) in [6.07, 6.45) is 16.3. The monoisotopic (exact) mass is 474 g/mol. The Morgan fingerprint density at radius 2 is 1.62 bits per heavy atom. The summed E-state index contributed by atoms with van der Waals surface area (Å²) >= 11 is 6.75. The standard InChI is InChI=1S/C26H31ClOSe/c1-3-4-5-6-7-8-9-10-11-12-22-13-15-23(16-14-22)20-29-21-24-17-18-26(28-2)25(27)19-24/h3-7,13-19H,1,8-12,20-21H2,2H3/b5-4-,7-6-. The van der Waals surface area contributed by atoms with Crippen LogP contribution in [0, 0.1) is 0 Å². The number of ether oxygens (including phenoxy) is 1. The molecule has 2 rings (SSSR count). The van der Waals surface area contributed by atoms with E-state index in [-0.39, 0.29) is 0 Å². The Hall–Kier alpha value is -1.73. The molecule has 0 unspecified atom stereocenters. The predicted octanol–water partition coefficient (Wildman–Crippen LogP) is 7.15. The fourth-order valence-corrected chi connectivity index (χ4v) is 5.24. The first-order chi connectivity index (χ1) is 14.2. The molecule has 0 atom stereocenters. The number of unbranched alkanes of at least 4 members (excludes halogenated alkanes) is 3. The van der Waals surface area contributed by atoms with Crippen LogP contribution in [0.25, 0.3) is 0 Å². The van der Waals surface area contributed by atoms with Crippen molar-refractivity contribution in [1.82, 2.24) is 0 Å². The Morgan fingerprint density at radius 3 is 2.34 bits per heavy atom. The van der Waals surface area contributed by atoms with Crippen LogP contribution in [0.5, 0.6) is 5.75 Å². The number of benzene rings is 2. The molecule has 0 fully saturated rings. The fourth-order valence-electron chi connectivity index (χ4n) is 2.97. The van der Waals surface area contributed by atoms with Gasteiger partial charge >= 0.3 is 163 Å². The van der Waals surface area contributed by atoms with Crippen molar-refractivity contribution in [2.24, 2.45) is 0 Å². The van der Waals surface area contributed by atoms with Crippen LogP contribution in [0.4, 0.5) is 0 Å². The van der Waals surface area contributed by atoms with E-state index in [2.05, 4.69) is 49.1 Å². The minimum absolute atomic E-state index is 0.536. The summed E-state index contributed by atoms with van der Waals surface area (Å²) in [6.45, 7) is 3.66. The van der Waals surface area contributed by atoms with Gasteiger partial charge < -0.3 is 0 Å². The van der Waals surface area contributed by atoms with Crippen molar-refractivity contribution in [1.29, 1.82) is 0 Å². The maximum absolute atomic E-state index is 6.21. The van der Waals surface area contributed by atoms with Crippen molar-refractivity contribution in [3.63, 3.8) is 0 Å². The average molecular weight is 474 g/mol. The number of aryl methyl sites for hydroxylation is 1. The number of hydrogen-bond donors (Lipinski definition) is 0. The Morgan fingerprint density at radius 1 is 0.897 bits per heavy atom. The quantitative estimate of drug-likeness (QED) is 0.170. The normalized spacial score (nSPS) is 11.4. The second-order valence-corrected chi connectivity index (χ2v) is 9.40. The third kappa shape index (κ3) is 9.54. The van der Waals surface area contributed by atoms with Gasteiger partial charge in [0.25, 0.3) is 0 Å². The Kier molecular flexibility index (Phi) is 11.6. The molecule has 0 spiro atoms. The van der Waals surface area contributed by atoms with E-state index in [1.54, 1.807) is 13.2 Å². The molecule has 0 aliphatic heterocycles. The summed E-state index contributed by atoms with van der Waals surface area (Å²) in [4.78, 5) is 0. The molecule has 0 aromatic heterocycles. The molecule has 1 nitrogen and oxygen atoms in total. The number of halogens is 1. The van der Waals surface area contributed by atoms with Crippen molar-refractivity contribution in [2.75, 3.05) is 7.11 Å². The SMILES string of the molecule is C=C/C=C\C=C/CCCCCc1ccc(C[Se]Cc2ccc(OC)c(Cl)c2)cc1. The molecule has 0 heterocycles. The first kappa shape index (κ1) is 23.5. The van der Waals surface area contributed by atoms with Crippen LogP contribution in [-0.4, -0.2) is 22.1 Å². The van der Waals surface area contributed by atoms with Crippen LogP contribution in [0.3, 0.4) is 0 Å². The van der Waals surface area contributed by atoms with Gasteiger partial charge in [0.2, 0.25) is 0 Å². The van der Waals surface area contributed by atoms with E-state index in [4.69, 9.17) is 16.3 Å². The van der Waals surface area contributed by atoms with Gasteiger partial charge in [0.05, 0.1) is 0 Å². The van der Waals surface area contributed by atoms with Crippen LogP contribution in [0.2, 0.25) is 5.02 Å². The van der Waals surface area contributed by atoms with E-state index in [0.29, 0.717) is 20.0 Å². The topological polar surface area (TPSA) is 9.23 Å². The maximum atomic E-state index is 6.21. The Labute approximate surface area is 187 Å².